The van der Waals surface area contributed by atoms with E-state index < -0.39 is 11.2 Å². The molecule has 0 atom stereocenters. The molecule has 0 fully saturated rings. The van der Waals surface area contributed by atoms with Gasteiger partial charge in [-0.25, -0.2) is 14.8 Å². The first-order chi connectivity index (χ1) is 9.00. The van der Waals surface area contributed by atoms with Gasteiger partial charge >= 0.3 is 5.69 Å². The number of rotatable bonds is 3. The number of hydrogen-bond donors (Lipinski definition) is 0. The number of carbonyl (C=O) groups excluding carboxylic acids is 1. The van der Waals surface area contributed by atoms with Gasteiger partial charge in [0.1, 0.15) is 5.82 Å². The van der Waals surface area contributed by atoms with Gasteiger partial charge in [0.15, 0.2) is 5.78 Å². The number of aromatic nitrogens is 4. The summed E-state index contributed by atoms with van der Waals surface area (Å²) in [6, 6.07) is 1.66. The molecule has 2 rings (SSSR count). The van der Waals surface area contributed by atoms with Crippen molar-refractivity contribution in [3.05, 3.63) is 56.9 Å². The predicted molar refractivity (Wildman–Crippen MR) is 67.1 cm³/mol. The molecular formula is C12H12N4O3. The Balaban J connectivity index is 2.56. The molecule has 0 unspecified atom stereocenters. The monoisotopic (exact) mass is 260 g/mol. The van der Waals surface area contributed by atoms with Crippen LogP contribution in [0.15, 0.2) is 34.2 Å². The van der Waals surface area contributed by atoms with Crippen LogP contribution in [0.3, 0.4) is 0 Å². The zero-order valence-corrected chi connectivity index (χ0v) is 10.5. The van der Waals surface area contributed by atoms with Gasteiger partial charge in [-0.2, -0.15) is 0 Å². The van der Waals surface area contributed by atoms with Crippen LogP contribution in [0.5, 0.6) is 0 Å². The fourth-order valence-electron chi connectivity index (χ4n) is 1.65. The van der Waals surface area contributed by atoms with Crippen LogP contribution < -0.4 is 11.2 Å². The van der Waals surface area contributed by atoms with Gasteiger partial charge in [-0.3, -0.25) is 18.7 Å². The number of Topliss-reactive ketones (excluding diaryl/α,β-unsaturated/α-hetero) is 1. The van der Waals surface area contributed by atoms with Crippen molar-refractivity contribution in [3.63, 3.8) is 0 Å². The van der Waals surface area contributed by atoms with Gasteiger partial charge in [-0.05, 0) is 13.0 Å². The van der Waals surface area contributed by atoms with Crippen molar-refractivity contribution in [1.82, 2.24) is 19.1 Å². The third kappa shape index (κ3) is 2.49. The van der Waals surface area contributed by atoms with Crippen LogP contribution in [0, 0.1) is 0 Å². The molecule has 0 aliphatic rings. The van der Waals surface area contributed by atoms with E-state index in [0.29, 0.717) is 5.82 Å². The van der Waals surface area contributed by atoms with Crippen molar-refractivity contribution in [3.8, 4) is 0 Å². The van der Waals surface area contributed by atoms with Crippen LogP contribution in [0.1, 0.15) is 23.1 Å². The first-order valence-corrected chi connectivity index (χ1v) is 5.58. The van der Waals surface area contributed by atoms with Gasteiger partial charge in [-0.15, -0.1) is 0 Å². The van der Waals surface area contributed by atoms with Crippen LogP contribution in [0.25, 0.3) is 0 Å². The fraction of sp³-hybridized carbons (Fsp3) is 0.250. The Morgan fingerprint density at radius 1 is 1.26 bits per heavy atom. The highest BCUT2D eigenvalue weighted by molar-refractivity contribution is 5.93. The smallest absolute Gasteiger partial charge is 0.294 e. The molecule has 0 aliphatic heterocycles. The zero-order chi connectivity index (χ0) is 14.0. The fourth-order valence-corrected chi connectivity index (χ4v) is 1.65. The number of ketones is 1. The van der Waals surface area contributed by atoms with E-state index in [2.05, 4.69) is 9.97 Å². The summed E-state index contributed by atoms with van der Waals surface area (Å²) in [5, 5.41) is 0. The molecular weight excluding hydrogens is 248 g/mol. The lowest BCUT2D eigenvalue weighted by Gasteiger charge is -2.08. The average molecular weight is 260 g/mol. The zero-order valence-electron chi connectivity index (χ0n) is 10.5. The number of hydrogen-bond acceptors (Lipinski definition) is 5. The Labute approximate surface area is 108 Å². The normalized spacial score (nSPS) is 10.4. The van der Waals surface area contributed by atoms with E-state index in [1.165, 1.54) is 24.7 Å². The Morgan fingerprint density at radius 2 is 1.89 bits per heavy atom. The molecule has 0 spiro atoms. The lowest BCUT2D eigenvalue weighted by Crippen LogP contribution is -2.40. The Hall–Kier alpha value is -2.57. The molecule has 0 aromatic carbocycles. The van der Waals surface area contributed by atoms with Crippen LogP contribution in [0.4, 0.5) is 0 Å². The van der Waals surface area contributed by atoms with Crippen molar-refractivity contribution in [2.24, 2.45) is 7.05 Å². The van der Waals surface area contributed by atoms with E-state index in [1.54, 1.807) is 18.5 Å². The summed E-state index contributed by atoms with van der Waals surface area (Å²) in [7, 11) is 1.33. The van der Waals surface area contributed by atoms with Crippen molar-refractivity contribution in [2.75, 3.05) is 0 Å². The standard InChI is InChI=1S/C12H12N4O3/c1-8(17)9-6-16(12(19)15(2)11(9)18)7-10-13-4-3-5-14-10/h3-6H,7H2,1-2H3. The van der Waals surface area contributed by atoms with Crippen LogP contribution in [-0.4, -0.2) is 24.9 Å². The van der Waals surface area contributed by atoms with E-state index in [-0.39, 0.29) is 17.9 Å². The summed E-state index contributed by atoms with van der Waals surface area (Å²) in [5.41, 5.74) is -1.14. The highest BCUT2D eigenvalue weighted by Gasteiger charge is 2.12. The number of nitrogens with zero attached hydrogens (tertiary/aromatic N) is 4. The molecule has 2 aromatic heterocycles. The van der Waals surface area contributed by atoms with Gasteiger partial charge < -0.3 is 0 Å². The molecule has 2 heterocycles. The minimum absolute atomic E-state index is 0.0296. The summed E-state index contributed by atoms with van der Waals surface area (Å²) in [6.45, 7) is 1.39. The van der Waals surface area contributed by atoms with Crippen LogP contribution >= 0.6 is 0 Å². The molecule has 7 nitrogen and oxygen atoms in total. The first-order valence-electron chi connectivity index (χ1n) is 5.58. The topological polar surface area (TPSA) is 86.8 Å². The van der Waals surface area contributed by atoms with E-state index in [4.69, 9.17) is 0 Å². The first kappa shape index (κ1) is 12.9. The molecule has 0 amide bonds. The average Bonchev–Trinajstić information content (AvgIpc) is 2.40. The minimum atomic E-state index is -0.595. The second-order valence-corrected chi connectivity index (χ2v) is 4.04. The lowest BCUT2D eigenvalue weighted by molar-refractivity contribution is 0.101. The molecule has 0 N–H and O–H groups in total. The van der Waals surface area contributed by atoms with Crippen molar-refractivity contribution in [2.45, 2.75) is 13.5 Å². The maximum absolute atomic E-state index is 11.9. The molecule has 0 radical (unpaired) electrons. The molecule has 0 saturated heterocycles. The predicted octanol–water partition coefficient (Wildman–Crippen LogP) is -0.412. The highest BCUT2D eigenvalue weighted by Crippen LogP contribution is 1.95. The van der Waals surface area contributed by atoms with Gasteiger partial charge in [0, 0.05) is 25.6 Å². The molecule has 0 bridgehead atoms. The van der Waals surface area contributed by atoms with E-state index in [0.717, 1.165) is 4.57 Å². The Kier molecular flexibility index (Phi) is 3.37. The molecule has 0 aliphatic carbocycles. The van der Waals surface area contributed by atoms with E-state index in [9.17, 15) is 14.4 Å². The van der Waals surface area contributed by atoms with E-state index in [1.807, 2.05) is 0 Å². The molecule has 19 heavy (non-hydrogen) atoms. The Morgan fingerprint density at radius 3 is 2.47 bits per heavy atom. The van der Waals surface area contributed by atoms with Crippen LogP contribution in [0.2, 0.25) is 0 Å². The third-order valence-electron chi connectivity index (χ3n) is 2.66. The summed E-state index contributed by atoms with van der Waals surface area (Å²) in [5.74, 6) is 0.0427. The third-order valence-corrected chi connectivity index (χ3v) is 2.66. The maximum Gasteiger partial charge on any atom is 0.331 e. The second kappa shape index (κ2) is 4.97. The van der Waals surface area contributed by atoms with Gasteiger partial charge in [-0.1, -0.05) is 0 Å². The van der Waals surface area contributed by atoms with Gasteiger partial charge in [0.25, 0.3) is 5.56 Å². The summed E-state index contributed by atoms with van der Waals surface area (Å²) >= 11 is 0. The van der Waals surface area contributed by atoms with Crippen molar-refractivity contribution >= 4 is 5.78 Å². The number of carbonyl (C=O) groups is 1. The van der Waals surface area contributed by atoms with Crippen molar-refractivity contribution in [1.29, 1.82) is 0 Å². The maximum atomic E-state index is 11.9. The minimum Gasteiger partial charge on any atom is -0.294 e. The summed E-state index contributed by atoms with van der Waals surface area (Å²) in [6.07, 6.45) is 4.37. The molecule has 98 valence electrons. The highest BCUT2D eigenvalue weighted by atomic mass is 16.2. The van der Waals surface area contributed by atoms with Crippen molar-refractivity contribution < 1.29 is 4.79 Å². The summed E-state index contributed by atoms with van der Waals surface area (Å²) in [4.78, 5) is 43.0. The van der Waals surface area contributed by atoms with Gasteiger partial charge in [0.2, 0.25) is 0 Å². The quantitative estimate of drug-likeness (QED) is 0.700. The van der Waals surface area contributed by atoms with E-state index >= 15 is 0 Å². The van der Waals surface area contributed by atoms with Gasteiger partial charge in [0.05, 0.1) is 12.1 Å². The summed E-state index contributed by atoms with van der Waals surface area (Å²) < 4.78 is 2.15. The second-order valence-electron chi connectivity index (χ2n) is 4.04. The molecule has 2 aromatic rings. The lowest BCUT2D eigenvalue weighted by atomic mass is 10.2. The Bertz CT molecular complexity index is 731. The molecule has 7 heteroatoms. The molecule has 0 saturated carbocycles. The SMILES string of the molecule is CC(=O)c1cn(Cc2ncccn2)c(=O)n(C)c1=O. The largest absolute Gasteiger partial charge is 0.331 e. The van der Waals surface area contributed by atoms with Crippen LogP contribution in [-0.2, 0) is 13.6 Å².